The molecule has 0 spiro atoms. The molecule has 1 heterocycles. The van der Waals surface area contributed by atoms with E-state index in [1.54, 1.807) is 4.90 Å². The Hall–Kier alpha value is -2.16. The molecule has 0 aromatic heterocycles. The Morgan fingerprint density at radius 2 is 1.89 bits per heavy atom. The van der Waals surface area contributed by atoms with Gasteiger partial charge in [0.05, 0.1) is 18.2 Å². The van der Waals surface area contributed by atoms with Gasteiger partial charge < -0.3 is 26.8 Å². The molecule has 0 radical (unpaired) electrons. The van der Waals surface area contributed by atoms with Crippen LogP contribution < -0.4 is 16.8 Å². The topological polar surface area (TPSA) is 163 Å². The van der Waals surface area contributed by atoms with Crippen LogP contribution in [0.1, 0.15) is 64.2 Å². The number of nitrogens with zero attached hydrogens (tertiary/aromatic N) is 1. The van der Waals surface area contributed by atoms with E-state index in [4.69, 9.17) is 22.0 Å². The van der Waals surface area contributed by atoms with Gasteiger partial charge in [-0.2, -0.15) is 0 Å². The minimum atomic E-state index is -0.941. The number of piperidine rings is 1. The van der Waals surface area contributed by atoms with Gasteiger partial charge in [-0.1, -0.05) is 6.42 Å². The van der Waals surface area contributed by atoms with Crippen LogP contribution in [0, 0.1) is 11.3 Å². The lowest BCUT2D eigenvalue weighted by Gasteiger charge is -2.33. The fourth-order valence-electron chi connectivity index (χ4n) is 3.46. The maximum atomic E-state index is 12.6. The Bertz CT molecular complexity index is 540. The molecule has 0 saturated carbocycles. The summed E-state index contributed by atoms with van der Waals surface area (Å²) in [6, 6.07) is -0.408. The molecular formula is C19H35N5O4. The Morgan fingerprint density at radius 3 is 2.54 bits per heavy atom. The molecule has 9 nitrogen and oxygen atoms in total. The Labute approximate surface area is 166 Å². The smallest absolute Gasteiger partial charge is 0.305 e. The average Bonchev–Trinajstić information content (AvgIpc) is 2.64. The molecule has 1 rings (SSSR count). The van der Waals surface area contributed by atoms with Crippen LogP contribution in [0.2, 0.25) is 0 Å². The molecule has 9 heteroatoms. The number of carbonyl (C=O) groups excluding carboxylic acids is 2. The summed E-state index contributed by atoms with van der Waals surface area (Å²) in [6.07, 6.45) is 5.76. The number of carboxylic acid groups (broad SMARTS) is 1. The number of hydrogen-bond donors (Lipinski definition) is 5. The lowest BCUT2D eigenvalue weighted by atomic mass is 9.95. The zero-order chi connectivity index (χ0) is 20.9. The number of nitrogens with two attached hydrogens (primary N) is 2. The molecule has 0 aliphatic carbocycles. The number of carboxylic acids is 1. The van der Waals surface area contributed by atoms with Crippen LogP contribution in [0.25, 0.3) is 0 Å². The molecule has 1 aliphatic rings. The number of amides is 2. The first-order valence-corrected chi connectivity index (χ1v) is 10.2. The Balaban J connectivity index is 2.49. The average molecular weight is 398 g/mol. The number of hydrogen-bond acceptors (Lipinski definition) is 5. The van der Waals surface area contributed by atoms with E-state index in [0.29, 0.717) is 58.2 Å². The van der Waals surface area contributed by atoms with Crippen molar-refractivity contribution in [3.8, 4) is 0 Å². The number of nitrogens with one attached hydrogen (secondary N) is 2. The number of likely N-dealkylation sites (tertiary alicyclic amines) is 1. The summed E-state index contributed by atoms with van der Waals surface area (Å²) in [5.41, 5.74) is 10.8. The van der Waals surface area contributed by atoms with E-state index in [-0.39, 0.29) is 30.0 Å². The summed E-state index contributed by atoms with van der Waals surface area (Å²) in [5, 5.41) is 19.1. The molecule has 0 bridgehead atoms. The van der Waals surface area contributed by atoms with Gasteiger partial charge in [0.25, 0.3) is 0 Å². The fourth-order valence-corrected chi connectivity index (χ4v) is 3.46. The normalized spacial score (nSPS) is 17.8. The molecule has 0 aromatic carbocycles. The van der Waals surface area contributed by atoms with Crippen LogP contribution in [0.15, 0.2) is 0 Å². The zero-order valence-corrected chi connectivity index (χ0v) is 16.6. The van der Waals surface area contributed by atoms with Crippen LogP contribution in [-0.2, 0) is 14.4 Å². The summed E-state index contributed by atoms with van der Waals surface area (Å²) in [5.74, 6) is -1.27. The third kappa shape index (κ3) is 9.68. The highest BCUT2D eigenvalue weighted by atomic mass is 16.4. The van der Waals surface area contributed by atoms with Crippen LogP contribution >= 0.6 is 0 Å². The van der Waals surface area contributed by atoms with E-state index in [1.165, 1.54) is 0 Å². The van der Waals surface area contributed by atoms with E-state index < -0.39 is 12.0 Å². The standard InChI is InChI=1S/C19H35N5O4/c20-10-4-3-7-15(12-18(26)27)23-19(28)14-6-5-11-24(13-14)17(25)9-2-1-8-16(21)22/h14-15H,1-13,20H2,(H3,21,22)(H,23,28)(H,26,27). The summed E-state index contributed by atoms with van der Waals surface area (Å²) in [4.78, 5) is 37.8. The number of carbonyl (C=O) groups is 3. The van der Waals surface area contributed by atoms with Gasteiger partial charge in [0.2, 0.25) is 11.8 Å². The lowest BCUT2D eigenvalue weighted by molar-refractivity contribution is -0.138. The van der Waals surface area contributed by atoms with Crippen molar-refractivity contribution in [2.45, 2.75) is 70.3 Å². The van der Waals surface area contributed by atoms with Crippen molar-refractivity contribution < 1.29 is 19.5 Å². The maximum absolute atomic E-state index is 12.6. The van der Waals surface area contributed by atoms with Crippen molar-refractivity contribution in [2.24, 2.45) is 17.4 Å². The number of unbranched alkanes of at least 4 members (excludes halogenated alkanes) is 2. The number of rotatable bonds is 13. The van der Waals surface area contributed by atoms with Crippen molar-refractivity contribution in [2.75, 3.05) is 19.6 Å². The molecule has 1 aliphatic heterocycles. The predicted molar refractivity (Wildman–Crippen MR) is 107 cm³/mol. The summed E-state index contributed by atoms with van der Waals surface area (Å²) < 4.78 is 0. The first-order valence-electron chi connectivity index (χ1n) is 10.2. The third-order valence-electron chi connectivity index (χ3n) is 5.01. The molecule has 2 unspecified atom stereocenters. The summed E-state index contributed by atoms with van der Waals surface area (Å²) in [6.45, 7) is 1.56. The van der Waals surface area contributed by atoms with Gasteiger partial charge in [0.1, 0.15) is 0 Å². The second-order valence-electron chi connectivity index (χ2n) is 7.50. The minimum absolute atomic E-state index is 0.0195. The lowest BCUT2D eigenvalue weighted by Crippen LogP contribution is -2.48. The molecule has 2 amide bonds. The van der Waals surface area contributed by atoms with Crippen molar-refractivity contribution in [1.82, 2.24) is 10.2 Å². The molecule has 0 aromatic rings. The van der Waals surface area contributed by atoms with Gasteiger partial charge >= 0.3 is 5.97 Å². The van der Waals surface area contributed by atoms with Crippen molar-refractivity contribution in [3.05, 3.63) is 0 Å². The van der Waals surface area contributed by atoms with E-state index >= 15 is 0 Å². The quantitative estimate of drug-likeness (QED) is 0.175. The van der Waals surface area contributed by atoms with E-state index in [9.17, 15) is 14.4 Å². The second-order valence-corrected chi connectivity index (χ2v) is 7.50. The Kier molecular flexibility index (Phi) is 11.2. The highest BCUT2D eigenvalue weighted by Gasteiger charge is 2.29. The first-order chi connectivity index (χ1) is 13.3. The van der Waals surface area contributed by atoms with Gasteiger partial charge in [-0.05, 0) is 45.1 Å². The number of amidine groups is 1. The van der Waals surface area contributed by atoms with E-state index in [2.05, 4.69) is 5.32 Å². The highest BCUT2D eigenvalue weighted by molar-refractivity contribution is 5.82. The van der Waals surface area contributed by atoms with Crippen LogP contribution in [0.4, 0.5) is 0 Å². The summed E-state index contributed by atoms with van der Waals surface area (Å²) in [7, 11) is 0. The molecular weight excluding hydrogens is 362 g/mol. The van der Waals surface area contributed by atoms with Gasteiger partial charge in [0, 0.05) is 32.0 Å². The van der Waals surface area contributed by atoms with E-state index in [0.717, 1.165) is 19.3 Å². The second kappa shape index (κ2) is 13.1. The van der Waals surface area contributed by atoms with E-state index in [1.807, 2.05) is 0 Å². The molecule has 7 N–H and O–H groups in total. The first kappa shape index (κ1) is 23.9. The van der Waals surface area contributed by atoms with Crippen LogP contribution in [0.3, 0.4) is 0 Å². The largest absolute Gasteiger partial charge is 0.481 e. The highest BCUT2D eigenvalue weighted by Crippen LogP contribution is 2.19. The molecule has 1 saturated heterocycles. The summed E-state index contributed by atoms with van der Waals surface area (Å²) >= 11 is 0. The molecule has 28 heavy (non-hydrogen) atoms. The predicted octanol–water partition coefficient (Wildman–Crippen LogP) is 0.810. The van der Waals surface area contributed by atoms with Gasteiger partial charge in [-0.3, -0.25) is 19.8 Å². The van der Waals surface area contributed by atoms with Crippen LogP contribution in [-0.4, -0.2) is 59.3 Å². The van der Waals surface area contributed by atoms with Gasteiger partial charge in [0.15, 0.2) is 0 Å². The molecule has 1 fully saturated rings. The SMILES string of the molecule is N=C(N)CCCCC(=O)N1CCCC(C(=O)NC(CCCCN)CC(=O)O)C1. The third-order valence-corrected chi connectivity index (χ3v) is 5.01. The maximum Gasteiger partial charge on any atom is 0.305 e. The van der Waals surface area contributed by atoms with Crippen molar-refractivity contribution >= 4 is 23.6 Å². The molecule has 160 valence electrons. The van der Waals surface area contributed by atoms with Crippen LogP contribution in [0.5, 0.6) is 0 Å². The van der Waals surface area contributed by atoms with Crippen molar-refractivity contribution in [3.63, 3.8) is 0 Å². The monoisotopic (exact) mass is 397 g/mol. The zero-order valence-electron chi connectivity index (χ0n) is 16.6. The van der Waals surface area contributed by atoms with Crippen molar-refractivity contribution in [1.29, 1.82) is 5.41 Å². The van der Waals surface area contributed by atoms with Gasteiger partial charge in [-0.15, -0.1) is 0 Å². The minimum Gasteiger partial charge on any atom is -0.481 e. The Morgan fingerprint density at radius 1 is 1.18 bits per heavy atom. The fraction of sp³-hybridized carbons (Fsp3) is 0.789. The number of aliphatic carboxylic acids is 1. The van der Waals surface area contributed by atoms with Gasteiger partial charge in [-0.25, -0.2) is 0 Å². The molecule has 2 atom stereocenters.